The minimum absolute atomic E-state index is 0.0641. The molecule has 0 aromatic carbocycles. The number of carbonyl (C=O) groups excluding carboxylic acids is 1. The fourth-order valence-corrected chi connectivity index (χ4v) is 4.63. The predicted molar refractivity (Wildman–Crippen MR) is 131 cm³/mol. The highest BCUT2D eigenvalue weighted by Crippen LogP contribution is 2.32. The molecule has 15 nitrogen and oxygen atoms in total. The third-order valence-electron chi connectivity index (χ3n) is 6.92. The van der Waals surface area contributed by atoms with Gasteiger partial charge in [0.2, 0.25) is 5.91 Å². The molecule has 204 valence electrons. The number of carbonyl (C=O) groups is 2. The van der Waals surface area contributed by atoms with E-state index in [1.165, 1.54) is 17.2 Å². The smallest absolute Gasteiger partial charge is 0.320 e. The molecule has 15 heteroatoms. The molecule has 0 unspecified atom stereocenters. The second-order valence-electron chi connectivity index (χ2n) is 9.59. The summed E-state index contributed by atoms with van der Waals surface area (Å²) in [6.07, 6.45) is -0.441. The summed E-state index contributed by atoms with van der Waals surface area (Å²) in [5, 5.41) is 34.1. The minimum Gasteiger partial charge on any atom is -0.480 e. The van der Waals surface area contributed by atoms with Gasteiger partial charge in [-0.15, -0.1) is 0 Å². The largest absolute Gasteiger partial charge is 0.480 e. The van der Waals surface area contributed by atoms with Gasteiger partial charge in [0.05, 0.1) is 6.33 Å². The summed E-state index contributed by atoms with van der Waals surface area (Å²) in [7, 11) is 0. The Morgan fingerprint density at radius 1 is 1.24 bits per heavy atom. The molecule has 2 aromatic rings. The van der Waals surface area contributed by atoms with Crippen molar-refractivity contribution in [2.45, 2.75) is 56.4 Å². The van der Waals surface area contributed by atoms with Gasteiger partial charge in [-0.2, -0.15) is 0 Å². The quantitative estimate of drug-likeness (QED) is 0.157. The Morgan fingerprint density at radius 2 is 2.00 bits per heavy atom. The third kappa shape index (κ3) is 6.14. The van der Waals surface area contributed by atoms with Crippen molar-refractivity contribution in [3.05, 3.63) is 12.7 Å². The lowest BCUT2D eigenvalue weighted by Crippen LogP contribution is -2.59. The Kier molecular flexibility index (Phi) is 8.51. The van der Waals surface area contributed by atoms with Crippen molar-refractivity contribution < 1.29 is 29.6 Å². The molecule has 0 saturated carbocycles. The molecule has 2 fully saturated rings. The van der Waals surface area contributed by atoms with Crippen LogP contribution >= 0.6 is 0 Å². The first-order valence-electron chi connectivity index (χ1n) is 12.3. The molecule has 4 rings (SSSR count). The zero-order chi connectivity index (χ0) is 26.7. The van der Waals surface area contributed by atoms with E-state index in [1.807, 2.05) is 4.90 Å². The fourth-order valence-electron chi connectivity index (χ4n) is 4.63. The summed E-state index contributed by atoms with van der Waals surface area (Å²) < 4.78 is 7.56. The van der Waals surface area contributed by atoms with Gasteiger partial charge < -0.3 is 46.6 Å². The number of likely N-dealkylation sites (tertiary alicyclic amines) is 1. The lowest BCUT2D eigenvalue weighted by atomic mass is 10.1. The number of imidazole rings is 1. The van der Waals surface area contributed by atoms with Gasteiger partial charge in [0.25, 0.3) is 0 Å². The highest BCUT2D eigenvalue weighted by Gasteiger charge is 2.45. The van der Waals surface area contributed by atoms with Crippen LogP contribution in [0, 0.1) is 0 Å². The number of nitrogens with two attached hydrogens (primary N) is 2. The van der Waals surface area contributed by atoms with Crippen LogP contribution < -0.4 is 16.8 Å². The van der Waals surface area contributed by atoms with Gasteiger partial charge in [0, 0.05) is 39.1 Å². The Morgan fingerprint density at radius 3 is 2.70 bits per heavy atom. The number of rotatable bonds is 12. The number of aromatic nitrogens is 4. The number of carboxylic acid groups (broad SMARTS) is 1. The highest BCUT2D eigenvalue weighted by molar-refractivity contribution is 5.81. The van der Waals surface area contributed by atoms with E-state index in [-0.39, 0.29) is 30.7 Å². The van der Waals surface area contributed by atoms with Gasteiger partial charge in [-0.05, 0) is 25.9 Å². The molecule has 2 aliphatic rings. The zero-order valence-electron chi connectivity index (χ0n) is 20.7. The van der Waals surface area contributed by atoms with Gasteiger partial charge in [-0.25, -0.2) is 15.0 Å². The molecule has 2 aliphatic heterocycles. The lowest BCUT2D eigenvalue weighted by Gasteiger charge is -2.39. The SMILES string of the molecule is CC(=O)N1CC(NCCCN(CC[C@H](N)C(=O)O)C[C@H]2O[C@@H](n3cnc4c(N)ncnc43)[C@H](O)[C@@H]2O)C1. The maximum atomic E-state index is 11.3. The van der Waals surface area contributed by atoms with Crippen LogP contribution in [0.4, 0.5) is 5.82 Å². The molecule has 0 aliphatic carbocycles. The first kappa shape index (κ1) is 27.1. The van der Waals surface area contributed by atoms with Gasteiger partial charge in [-0.1, -0.05) is 0 Å². The molecule has 1 amide bonds. The van der Waals surface area contributed by atoms with E-state index >= 15 is 0 Å². The third-order valence-corrected chi connectivity index (χ3v) is 6.92. The number of hydrogen-bond donors (Lipinski definition) is 6. The van der Waals surface area contributed by atoms with E-state index in [0.29, 0.717) is 43.9 Å². The van der Waals surface area contributed by atoms with Gasteiger partial charge in [-0.3, -0.25) is 14.2 Å². The minimum atomic E-state index is -1.24. The average Bonchev–Trinajstić information content (AvgIpc) is 3.37. The van der Waals surface area contributed by atoms with Crippen LogP contribution in [0.2, 0.25) is 0 Å². The monoisotopic (exact) mass is 521 g/mol. The summed E-state index contributed by atoms with van der Waals surface area (Å²) >= 11 is 0. The number of amides is 1. The summed E-state index contributed by atoms with van der Waals surface area (Å²) in [6, 6.07) is -0.750. The second-order valence-corrected chi connectivity index (χ2v) is 9.59. The number of aliphatic hydroxyl groups is 2. The van der Waals surface area contributed by atoms with Crippen LogP contribution in [0.15, 0.2) is 12.7 Å². The van der Waals surface area contributed by atoms with E-state index in [0.717, 1.165) is 6.42 Å². The van der Waals surface area contributed by atoms with Crippen molar-refractivity contribution in [2.75, 3.05) is 45.0 Å². The van der Waals surface area contributed by atoms with E-state index < -0.39 is 36.6 Å². The summed E-state index contributed by atoms with van der Waals surface area (Å²) in [5.41, 5.74) is 12.3. The Balaban J connectivity index is 1.36. The maximum absolute atomic E-state index is 11.3. The second kappa shape index (κ2) is 11.6. The Hall–Kier alpha value is -2.95. The van der Waals surface area contributed by atoms with Gasteiger partial charge in [0.1, 0.15) is 36.2 Å². The molecule has 2 aromatic heterocycles. The van der Waals surface area contributed by atoms with Crippen molar-refractivity contribution in [2.24, 2.45) is 5.73 Å². The number of hydrogen-bond acceptors (Lipinski definition) is 12. The summed E-state index contributed by atoms with van der Waals surface area (Å²) in [6.45, 7) is 4.86. The molecule has 0 bridgehead atoms. The number of nitrogen functional groups attached to an aromatic ring is 1. The van der Waals surface area contributed by atoms with Crippen molar-refractivity contribution in [1.82, 2.24) is 34.6 Å². The van der Waals surface area contributed by atoms with Crippen molar-refractivity contribution in [3.8, 4) is 0 Å². The zero-order valence-corrected chi connectivity index (χ0v) is 20.7. The normalized spacial score (nSPS) is 25.1. The van der Waals surface area contributed by atoms with Crippen LogP contribution in [-0.2, 0) is 14.3 Å². The molecule has 37 heavy (non-hydrogen) atoms. The van der Waals surface area contributed by atoms with Crippen molar-refractivity contribution >= 4 is 28.9 Å². The van der Waals surface area contributed by atoms with E-state index in [4.69, 9.17) is 21.3 Å². The van der Waals surface area contributed by atoms with Crippen molar-refractivity contribution in [3.63, 3.8) is 0 Å². The molecule has 5 atom stereocenters. The number of aliphatic hydroxyl groups excluding tert-OH is 2. The molecule has 8 N–H and O–H groups in total. The number of nitrogens with one attached hydrogen (secondary N) is 1. The number of ether oxygens (including phenoxy) is 1. The predicted octanol–water partition coefficient (Wildman–Crippen LogP) is -2.66. The molecular weight excluding hydrogens is 486 g/mol. The van der Waals surface area contributed by atoms with E-state index in [9.17, 15) is 19.8 Å². The van der Waals surface area contributed by atoms with Crippen LogP contribution in [0.3, 0.4) is 0 Å². The summed E-state index contributed by atoms with van der Waals surface area (Å²) in [4.78, 5) is 38.5. The van der Waals surface area contributed by atoms with Crippen LogP contribution in [0.25, 0.3) is 11.2 Å². The number of carboxylic acids is 1. The number of anilines is 1. The first-order valence-corrected chi connectivity index (χ1v) is 12.3. The Labute approximate surface area is 213 Å². The first-order chi connectivity index (χ1) is 17.7. The average molecular weight is 522 g/mol. The van der Waals surface area contributed by atoms with Crippen LogP contribution in [0.1, 0.15) is 26.0 Å². The topological polar surface area (TPSA) is 218 Å². The highest BCUT2D eigenvalue weighted by atomic mass is 16.6. The van der Waals surface area contributed by atoms with Crippen LogP contribution in [-0.4, -0.2) is 126 Å². The standard InChI is InChI=1S/C22H35N9O6/c1-12(32)30-7-13(8-30)25-4-2-5-29(6-3-14(23)22(35)36)9-15-17(33)18(34)21(37-15)31-11-28-16-19(24)26-10-27-20(16)31/h10-11,13-15,17-18,21,25,33-34H,2-9,23H2,1H3,(H,35,36)(H2,24,26,27)/t14-,15+,17+,18+,21+/m0/s1. The van der Waals surface area contributed by atoms with Gasteiger partial charge >= 0.3 is 5.97 Å². The Bertz CT molecular complexity index is 1090. The summed E-state index contributed by atoms with van der Waals surface area (Å²) in [5.74, 6) is -0.824. The van der Waals surface area contributed by atoms with E-state index in [1.54, 1.807) is 11.8 Å². The molecule has 2 saturated heterocycles. The van der Waals surface area contributed by atoms with Crippen LogP contribution in [0.5, 0.6) is 0 Å². The molecular formula is C22H35N9O6. The number of aliphatic carboxylic acids is 1. The molecule has 0 spiro atoms. The maximum Gasteiger partial charge on any atom is 0.320 e. The van der Waals surface area contributed by atoms with E-state index in [2.05, 4.69) is 20.3 Å². The van der Waals surface area contributed by atoms with Crippen molar-refractivity contribution in [1.29, 1.82) is 0 Å². The fraction of sp³-hybridized carbons (Fsp3) is 0.682. The lowest BCUT2D eigenvalue weighted by molar-refractivity contribution is -0.138. The molecule has 0 radical (unpaired) electrons. The number of nitrogens with zero attached hydrogens (tertiary/aromatic N) is 6. The number of fused-ring (bicyclic) bond motifs is 1. The van der Waals surface area contributed by atoms with Gasteiger partial charge in [0.15, 0.2) is 17.7 Å². The molecule has 4 heterocycles.